The monoisotopic (exact) mass is 242 g/mol. The minimum absolute atomic E-state index is 0.0661. The first-order chi connectivity index (χ1) is 7.88. The van der Waals surface area contributed by atoms with Gasteiger partial charge < -0.3 is 15.4 Å². The number of rotatable bonds is 4. The van der Waals surface area contributed by atoms with Crippen LogP contribution in [0.25, 0.3) is 0 Å². The van der Waals surface area contributed by atoms with E-state index in [1.54, 1.807) is 0 Å². The molecule has 0 aromatic carbocycles. The lowest BCUT2D eigenvalue weighted by Crippen LogP contribution is -2.47. The Morgan fingerprint density at radius 1 is 1.35 bits per heavy atom. The second-order valence-corrected chi connectivity index (χ2v) is 5.92. The van der Waals surface area contributed by atoms with E-state index in [0.717, 1.165) is 26.1 Å². The summed E-state index contributed by atoms with van der Waals surface area (Å²) in [6, 6.07) is 0.379. The van der Waals surface area contributed by atoms with Gasteiger partial charge in [-0.25, -0.2) is 0 Å². The van der Waals surface area contributed by atoms with Gasteiger partial charge in [0, 0.05) is 24.8 Å². The fourth-order valence-corrected chi connectivity index (χ4v) is 2.10. The molecule has 1 aliphatic rings. The smallest absolute Gasteiger partial charge is 0.234 e. The Kier molecular flexibility index (Phi) is 5.40. The van der Waals surface area contributed by atoms with E-state index in [9.17, 15) is 4.79 Å². The van der Waals surface area contributed by atoms with Gasteiger partial charge in [-0.1, -0.05) is 0 Å². The van der Waals surface area contributed by atoms with Crippen LogP contribution in [0.5, 0.6) is 0 Å². The topological polar surface area (TPSA) is 50.4 Å². The number of amides is 1. The minimum atomic E-state index is -0.152. The van der Waals surface area contributed by atoms with Gasteiger partial charge in [-0.05, 0) is 46.5 Å². The molecule has 1 aliphatic heterocycles. The molecular formula is C13H26N2O2. The van der Waals surface area contributed by atoms with Crippen LogP contribution in [-0.2, 0) is 9.53 Å². The third-order valence-corrected chi connectivity index (χ3v) is 3.07. The minimum Gasteiger partial charge on any atom is -0.381 e. The zero-order valence-corrected chi connectivity index (χ0v) is 11.5. The Bertz CT molecular complexity index is 242. The van der Waals surface area contributed by atoms with Crippen LogP contribution in [0, 0.1) is 5.92 Å². The molecular weight excluding hydrogens is 216 g/mol. The molecule has 1 heterocycles. The Hall–Kier alpha value is -0.610. The van der Waals surface area contributed by atoms with Crippen LogP contribution >= 0.6 is 0 Å². The third-order valence-electron chi connectivity index (χ3n) is 3.07. The van der Waals surface area contributed by atoms with Crippen LogP contribution in [0.15, 0.2) is 0 Å². The molecule has 1 atom stereocenters. The Labute approximate surface area is 104 Å². The average molecular weight is 242 g/mol. The molecule has 100 valence electrons. The fraction of sp³-hybridized carbons (Fsp3) is 0.923. The Morgan fingerprint density at radius 2 is 1.94 bits per heavy atom. The van der Waals surface area contributed by atoms with E-state index in [1.807, 2.05) is 20.8 Å². The summed E-state index contributed by atoms with van der Waals surface area (Å²) >= 11 is 0. The maximum atomic E-state index is 11.6. The van der Waals surface area contributed by atoms with Gasteiger partial charge in [-0.3, -0.25) is 4.79 Å². The van der Waals surface area contributed by atoms with E-state index < -0.39 is 0 Å². The normalized spacial score (nSPS) is 20.0. The maximum Gasteiger partial charge on any atom is 0.234 e. The van der Waals surface area contributed by atoms with Crippen LogP contribution in [-0.4, -0.2) is 37.2 Å². The Morgan fingerprint density at radius 3 is 2.47 bits per heavy atom. The van der Waals surface area contributed by atoms with Crippen molar-refractivity contribution in [2.45, 2.75) is 52.1 Å². The maximum absolute atomic E-state index is 11.6. The van der Waals surface area contributed by atoms with Crippen molar-refractivity contribution >= 4 is 5.91 Å². The number of nitrogens with one attached hydrogen (secondary N) is 2. The van der Waals surface area contributed by atoms with Crippen LogP contribution in [0.2, 0.25) is 0 Å². The molecule has 0 aliphatic carbocycles. The van der Waals surface area contributed by atoms with Crippen molar-refractivity contribution in [1.82, 2.24) is 10.6 Å². The average Bonchev–Trinajstić information content (AvgIpc) is 2.25. The van der Waals surface area contributed by atoms with E-state index >= 15 is 0 Å². The van der Waals surface area contributed by atoms with E-state index in [1.165, 1.54) is 0 Å². The highest BCUT2D eigenvalue weighted by molar-refractivity contribution is 5.78. The predicted octanol–water partition coefficient (Wildman–Crippen LogP) is 1.31. The molecule has 0 saturated carbocycles. The van der Waals surface area contributed by atoms with E-state index in [4.69, 9.17) is 4.74 Å². The first kappa shape index (κ1) is 14.5. The molecule has 0 spiro atoms. The lowest BCUT2D eigenvalue weighted by Gasteiger charge is -2.29. The standard InChI is InChI=1S/C13H26N2O2/c1-10(11-5-7-17-8-6-11)14-9-12(16)15-13(2,3)4/h10-11,14H,5-9H2,1-4H3,(H,15,16). The first-order valence-corrected chi connectivity index (χ1v) is 6.50. The van der Waals surface area contributed by atoms with Gasteiger partial charge in [0.25, 0.3) is 0 Å². The second-order valence-electron chi connectivity index (χ2n) is 5.92. The lowest BCUT2D eigenvalue weighted by molar-refractivity contribution is -0.121. The van der Waals surface area contributed by atoms with Crippen molar-refractivity contribution in [1.29, 1.82) is 0 Å². The van der Waals surface area contributed by atoms with Gasteiger partial charge in [-0.2, -0.15) is 0 Å². The van der Waals surface area contributed by atoms with Crippen LogP contribution in [0.1, 0.15) is 40.5 Å². The summed E-state index contributed by atoms with van der Waals surface area (Å²) in [6.45, 7) is 10.2. The molecule has 0 radical (unpaired) electrons. The number of hydrogen-bond acceptors (Lipinski definition) is 3. The molecule has 0 aromatic heterocycles. The number of carbonyl (C=O) groups excluding carboxylic acids is 1. The molecule has 1 saturated heterocycles. The molecule has 1 fully saturated rings. The summed E-state index contributed by atoms with van der Waals surface area (Å²) in [4.78, 5) is 11.6. The molecule has 17 heavy (non-hydrogen) atoms. The van der Waals surface area contributed by atoms with E-state index in [-0.39, 0.29) is 11.4 Å². The number of ether oxygens (including phenoxy) is 1. The quantitative estimate of drug-likeness (QED) is 0.781. The first-order valence-electron chi connectivity index (χ1n) is 6.50. The largest absolute Gasteiger partial charge is 0.381 e. The van der Waals surface area contributed by atoms with E-state index in [2.05, 4.69) is 17.6 Å². The van der Waals surface area contributed by atoms with Gasteiger partial charge in [0.2, 0.25) is 5.91 Å². The number of hydrogen-bond donors (Lipinski definition) is 2. The van der Waals surface area contributed by atoms with Gasteiger partial charge in [0.15, 0.2) is 0 Å². The molecule has 0 aromatic rings. The summed E-state index contributed by atoms with van der Waals surface area (Å²) in [5.74, 6) is 0.697. The highest BCUT2D eigenvalue weighted by atomic mass is 16.5. The SMILES string of the molecule is CC(NCC(=O)NC(C)(C)C)C1CCOCC1. The van der Waals surface area contributed by atoms with Crippen molar-refractivity contribution < 1.29 is 9.53 Å². The van der Waals surface area contributed by atoms with Crippen molar-refractivity contribution in [3.63, 3.8) is 0 Å². The molecule has 1 amide bonds. The Balaban J connectivity index is 2.22. The molecule has 4 nitrogen and oxygen atoms in total. The van der Waals surface area contributed by atoms with Gasteiger partial charge in [0.1, 0.15) is 0 Å². The molecule has 1 unspecified atom stereocenters. The van der Waals surface area contributed by atoms with Crippen molar-refractivity contribution in [2.24, 2.45) is 5.92 Å². The highest BCUT2D eigenvalue weighted by Gasteiger charge is 2.21. The van der Waals surface area contributed by atoms with Crippen LogP contribution in [0.4, 0.5) is 0 Å². The third kappa shape index (κ3) is 6.03. The van der Waals surface area contributed by atoms with E-state index in [0.29, 0.717) is 18.5 Å². The molecule has 0 bridgehead atoms. The lowest BCUT2D eigenvalue weighted by atomic mass is 9.93. The van der Waals surface area contributed by atoms with Crippen molar-refractivity contribution in [3.05, 3.63) is 0 Å². The summed E-state index contributed by atoms with van der Waals surface area (Å²) in [5.41, 5.74) is -0.152. The van der Waals surface area contributed by atoms with Crippen molar-refractivity contribution in [3.8, 4) is 0 Å². The van der Waals surface area contributed by atoms with Gasteiger partial charge >= 0.3 is 0 Å². The molecule has 4 heteroatoms. The predicted molar refractivity (Wildman–Crippen MR) is 68.9 cm³/mol. The highest BCUT2D eigenvalue weighted by Crippen LogP contribution is 2.18. The second kappa shape index (κ2) is 6.36. The zero-order valence-electron chi connectivity index (χ0n) is 11.5. The number of carbonyl (C=O) groups is 1. The van der Waals surface area contributed by atoms with Crippen molar-refractivity contribution in [2.75, 3.05) is 19.8 Å². The van der Waals surface area contributed by atoms with Gasteiger partial charge in [0.05, 0.1) is 6.54 Å². The summed E-state index contributed by atoms with van der Waals surface area (Å²) in [6.07, 6.45) is 2.18. The summed E-state index contributed by atoms with van der Waals surface area (Å²) in [7, 11) is 0. The summed E-state index contributed by atoms with van der Waals surface area (Å²) < 4.78 is 5.33. The fourth-order valence-electron chi connectivity index (χ4n) is 2.10. The zero-order chi connectivity index (χ0) is 12.9. The molecule has 1 rings (SSSR count). The summed E-state index contributed by atoms with van der Waals surface area (Å²) in [5, 5.41) is 6.26. The van der Waals surface area contributed by atoms with Gasteiger partial charge in [-0.15, -0.1) is 0 Å². The van der Waals surface area contributed by atoms with Crippen LogP contribution < -0.4 is 10.6 Å². The van der Waals surface area contributed by atoms with Crippen LogP contribution in [0.3, 0.4) is 0 Å². The molecule has 2 N–H and O–H groups in total.